The summed E-state index contributed by atoms with van der Waals surface area (Å²) >= 11 is 5.78. The number of carbonyl (C=O) groups is 1. The Labute approximate surface area is 156 Å². The van der Waals surface area contributed by atoms with E-state index in [-0.39, 0.29) is 12.5 Å². The van der Waals surface area contributed by atoms with Crippen LogP contribution in [0.2, 0.25) is 5.15 Å². The van der Waals surface area contributed by atoms with E-state index in [2.05, 4.69) is 10.3 Å². The van der Waals surface area contributed by atoms with Crippen LogP contribution in [-0.4, -0.2) is 18.0 Å². The van der Waals surface area contributed by atoms with Gasteiger partial charge in [-0.15, -0.1) is 0 Å². The fourth-order valence-electron chi connectivity index (χ4n) is 2.31. The summed E-state index contributed by atoms with van der Waals surface area (Å²) in [7, 11) is 1.59. The van der Waals surface area contributed by atoms with Crippen molar-refractivity contribution < 1.29 is 14.3 Å². The van der Waals surface area contributed by atoms with Crippen LogP contribution in [0.15, 0.2) is 66.9 Å². The number of amides is 1. The molecule has 1 amide bonds. The van der Waals surface area contributed by atoms with Crippen molar-refractivity contribution in [1.82, 2.24) is 4.98 Å². The fraction of sp³-hybridized carbons (Fsp3) is 0.100. The number of methoxy groups -OCH3 is 1. The second kappa shape index (κ2) is 8.36. The number of aromatic nitrogens is 1. The number of ether oxygens (including phenoxy) is 2. The number of rotatable bonds is 6. The van der Waals surface area contributed by atoms with Gasteiger partial charge in [-0.3, -0.25) is 4.79 Å². The second-order valence-electron chi connectivity index (χ2n) is 5.46. The first kappa shape index (κ1) is 17.8. The number of nitrogens with one attached hydrogen (secondary N) is 1. The fourth-order valence-corrected chi connectivity index (χ4v) is 2.42. The highest BCUT2D eigenvalue weighted by atomic mass is 35.5. The average molecular weight is 369 g/mol. The first-order chi connectivity index (χ1) is 12.7. The topological polar surface area (TPSA) is 60.5 Å². The molecule has 1 N–H and O–H groups in total. The van der Waals surface area contributed by atoms with Gasteiger partial charge in [0.05, 0.1) is 12.7 Å². The Morgan fingerprint density at radius 3 is 2.54 bits per heavy atom. The molecule has 6 heteroatoms. The quantitative estimate of drug-likeness (QED) is 0.647. The summed E-state index contributed by atoms with van der Waals surface area (Å²) in [5, 5.41) is 3.28. The molecule has 0 saturated heterocycles. The molecule has 1 aromatic heterocycles. The first-order valence-corrected chi connectivity index (χ1v) is 8.31. The van der Waals surface area contributed by atoms with Gasteiger partial charge >= 0.3 is 0 Å². The molecule has 0 bridgehead atoms. The zero-order valence-electron chi connectivity index (χ0n) is 14.1. The first-order valence-electron chi connectivity index (χ1n) is 7.93. The number of carbonyl (C=O) groups excluding carboxylic acids is 1. The van der Waals surface area contributed by atoms with Crippen molar-refractivity contribution in [3.8, 4) is 11.5 Å². The molecule has 0 fully saturated rings. The summed E-state index contributed by atoms with van der Waals surface area (Å²) in [5.41, 5.74) is 1.98. The zero-order valence-corrected chi connectivity index (χ0v) is 14.9. The Kier molecular flexibility index (Phi) is 5.71. The maximum absolute atomic E-state index is 12.6. The molecule has 0 spiro atoms. The molecule has 26 heavy (non-hydrogen) atoms. The van der Waals surface area contributed by atoms with Crippen LogP contribution in [0.1, 0.15) is 15.9 Å². The lowest BCUT2D eigenvalue weighted by molar-refractivity contribution is 0.102. The minimum absolute atomic E-state index is 0.250. The maximum atomic E-state index is 12.6. The average Bonchev–Trinajstić information content (AvgIpc) is 2.68. The van der Waals surface area contributed by atoms with Gasteiger partial charge < -0.3 is 14.8 Å². The zero-order chi connectivity index (χ0) is 18.4. The third-order valence-electron chi connectivity index (χ3n) is 3.66. The van der Waals surface area contributed by atoms with Crippen LogP contribution in [0.5, 0.6) is 11.5 Å². The van der Waals surface area contributed by atoms with E-state index in [4.69, 9.17) is 21.1 Å². The molecule has 2 aromatic carbocycles. The van der Waals surface area contributed by atoms with E-state index < -0.39 is 0 Å². The summed E-state index contributed by atoms with van der Waals surface area (Å²) in [5.74, 6) is 0.969. The van der Waals surface area contributed by atoms with Crippen LogP contribution < -0.4 is 14.8 Å². The van der Waals surface area contributed by atoms with Crippen molar-refractivity contribution in [2.75, 3.05) is 12.4 Å². The standard InChI is InChI=1S/C20H17ClN2O3/c1-25-16-9-7-15(8-10-16)23-20(24)17-4-2-3-5-18(17)26-13-14-6-11-19(21)22-12-14/h2-12H,13H2,1H3,(H,23,24). The van der Waals surface area contributed by atoms with Crippen molar-refractivity contribution in [3.05, 3.63) is 83.1 Å². The molecule has 0 aliphatic heterocycles. The third kappa shape index (κ3) is 4.52. The molecule has 132 valence electrons. The molecule has 0 aliphatic carbocycles. The molecule has 0 radical (unpaired) electrons. The number of nitrogens with zero attached hydrogens (tertiary/aromatic N) is 1. The minimum atomic E-state index is -0.250. The van der Waals surface area contributed by atoms with E-state index in [0.29, 0.717) is 22.2 Å². The van der Waals surface area contributed by atoms with Gasteiger partial charge in [0, 0.05) is 17.4 Å². The molecule has 0 saturated carbocycles. The summed E-state index contributed by atoms with van der Waals surface area (Å²) in [6.45, 7) is 0.289. The Hall–Kier alpha value is -3.05. The normalized spacial score (nSPS) is 10.2. The van der Waals surface area contributed by atoms with Crippen molar-refractivity contribution in [1.29, 1.82) is 0 Å². The molecule has 0 unspecified atom stereocenters. The van der Waals surface area contributed by atoms with Crippen LogP contribution in [0, 0.1) is 0 Å². The number of benzene rings is 2. The van der Waals surface area contributed by atoms with Gasteiger partial charge in [-0.05, 0) is 42.5 Å². The Bertz CT molecular complexity index is 880. The number of anilines is 1. The number of hydrogen-bond acceptors (Lipinski definition) is 4. The summed E-state index contributed by atoms with van der Waals surface area (Å²) in [6.07, 6.45) is 1.64. The van der Waals surface area contributed by atoms with E-state index in [1.165, 1.54) is 0 Å². The highest BCUT2D eigenvalue weighted by Crippen LogP contribution is 2.22. The highest BCUT2D eigenvalue weighted by molar-refractivity contribution is 6.29. The van der Waals surface area contributed by atoms with Crippen molar-refractivity contribution in [3.63, 3.8) is 0 Å². The molecule has 5 nitrogen and oxygen atoms in total. The lowest BCUT2D eigenvalue weighted by atomic mass is 10.1. The summed E-state index contributed by atoms with van der Waals surface area (Å²) in [6, 6.07) is 17.7. The van der Waals surface area contributed by atoms with Gasteiger partial charge in [-0.25, -0.2) is 4.98 Å². The van der Waals surface area contributed by atoms with Crippen LogP contribution in [0.4, 0.5) is 5.69 Å². The van der Waals surface area contributed by atoms with Crippen molar-refractivity contribution >= 4 is 23.2 Å². The predicted molar refractivity (Wildman–Crippen MR) is 101 cm³/mol. The monoisotopic (exact) mass is 368 g/mol. The van der Waals surface area contributed by atoms with Crippen LogP contribution in [0.3, 0.4) is 0 Å². The van der Waals surface area contributed by atoms with Crippen LogP contribution in [-0.2, 0) is 6.61 Å². The van der Waals surface area contributed by atoms with E-state index in [1.807, 2.05) is 12.1 Å². The lowest BCUT2D eigenvalue weighted by Crippen LogP contribution is -2.13. The Balaban J connectivity index is 1.70. The number of hydrogen-bond donors (Lipinski definition) is 1. The summed E-state index contributed by atoms with van der Waals surface area (Å²) < 4.78 is 10.9. The minimum Gasteiger partial charge on any atom is -0.497 e. The highest BCUT2D eigenvalue weighted by Gasteiger charge is 2.12. The van der Waals surface area contributed by atoms with Gasteiger partial charge in [0.15, 0.2) is 0 Å². The number of pyridine rings is 1. The largest absolute Gasteiger partial charge is 0.497 e. The number of halogens is 1. The molecule has 1 heterocycles. The molecule has 0 aliphatic rings. The van der Waals surface area contributed by atoms with Gasteiger partial charge in [-0.1, -0.05) is 29.8 Å². The second-order valence-corrected chi connectivity index (χ2v) is 5.84. The van der Waals surface area contributed by atoms with Gasteiger partial charge in [0.25, 0.3) is 5.91 Å². The maximum Gasteiger partial charge on any atom is 0.259 e. The van der Waals surface area contributed by atoms with Gasteiger partial charge in [0.1, 0.15) is 23.3 Å². The molecule has 0 atom stereocenters. The molecule has 3 rings (SSSR count). The van der Waals surface area contributed by atoms with Gasteiger partial charge in [0.2, 0.25) is 0 Å². The van der Waals surface area contributed by atoms with E-state index >= 15 is 0 Å². The van der Waals surface area contributed by atoms with E-state index in [9.17, 15) is 4.79 Å². The van der Waals surface area contributed by atoms with E-state index in [1.54, 1.807) is 61.8 Å². The Morgan fingerprint density at radius 1 is 1.08 bits per heavy atom. The summed E-state index contributed by atoms with van der Waals surface area (Å²) in [4.78, 5) is 16.6. The number of para-hydroxylation sites is 1. The molecule has 3 aromatic rings. The smallest absolute Gasteiger partial charge is 0.259 e. The van der Waals surface area contributed by atoms with E-state index in [0.717, 1.165) is 11.3 Å². The van der Waals surface area contributed by atoms with Crippen molar-refractivity contribution in [2.45, 2.75) is 6.61 Å². The Morgan fingerprint density at radius 2 is 1.85 bits per heavy atom. The third-order valence-corrected chi connectivity index (χ3v) is 3.89. The SMILES string of the molecule is COc1ccc(NC(=O)c2ccccc2OCc2ccc(Cl)nc2)cc1. The predicted octanol–water partition coefficient (Wildman–Crippen LogP) is 4.57. The molecular formula is C20H17ClN2O3. The molecular weight excluding hydrogens is 352 g/mol. The van der Waals surface area contributed by atoms with Crippen LogP contribution >= 0.6 is 11.6 Å². The van der Waals surface area contributed by atoms with Gasteiger partial charge in [-0.2, -0.15) is 0 Å². The van der Waals surface area contributed by atoms with Crippen LogP contribution in [0.25, 0.3) is 0 Å². The van der Waals surface area contributed by atoms with Crippen molar-refractivity contribution in [2.24, 2.45) is 0 Å². The lowest BCUT2D eigenvalue weighted by Gasteiger charge is -2.12.